The lowest BCUT2D eigenvalue weighted by atomic mass is 9.85. The average Bonchev–Trinajstić information content (AvgIpc) is 3.11. The van der Waals surface area contributed by atoms with Gasteiger partial charge in [-0.25, -0.2) is 0 Å². The van der Waals surface area contributed by atoms with Crippen LogP contribution in [-0.2, 0) is 43.1 Å². The number of carbonyl (C=O) groups is 2. The van der Waals surface area contributed by atoms with E-state index in [-0.39, 0.29) is 11.8 Å². The van der Waals surface area contributed by atoms with Crippen molar-refractivity contribution in [3.63, 3.8) is 0 Å². The Labute approximate surface area is 179 Å². The van der Waals surface area contributed by atoms with Gasteiger partial charge in [-0.2, -0.15) is 0 Å². The van der Waals surface area contributed by atoms with Gasteiger partial charge in [-0.3, -0.25) is 9.59 Å². The zero-order chi connectivity index (χ0) is 21.9. The highest BCUT2D eigenvalue weighted by Gasteiger charge is 2.54. The van der Waals surface area contributed by atoms with Gasteiger partial charge in [0, 0.05) is 25.2 Å². The molecule has 2 aliphatic rings. The molecule has 5 heteroatoms. The Kier molecular flexibility index (Phi) is 7.14. The van der Waals surface area contributed by atoms with Crippen molar-refractivity contribution in [2.75, 3.05) is 19.8 Å². The highest BCUT2D eigenvalue weighted by Crippen LogP contribution is 2.46. The molecule has 2 fully saturated rings. The molecule has 1 heterocycles. The molecule has 3 rings (SSSR count). The SMILES string of the molecule is C=C1COC2(C[C@@H](C(=O)Cc3c(CC)cc(C)cc3CC)[C@H](C(=O)OCC)C2)OC1. The number of hydrogen-bond acceptors (Lipinski definition) is 5. The number of rotatable bonds is 7. The molecule has 1 aliphatic carbocycles. The fourth-order valence-electron chi connectivity index (χ4n) is 4.79. The smallest absolute Gasteiger partial charge is 0.309 e. The highest BCUT2D eigenvalue weighted by atomic mass is 16.7. The molecule has 1 spiro atoms. The first-order chi connectivity index (χ1) is 14.3. The Bertz CT molecular complexity index is 790. The van der Waals surface area contributed by atoms with Crippen LogP contribution in [0, 0.1) is 18.8 Å². The van der Waals surface area contributed by atoms with Crippen molar-refractivity contribution >= 4 is 11.8 Å². The second-order valence-corrected chi connectivity index (χ2v) is 8.52. The van der Waals surface area contributed by atoms with Crippen LogP contribution >= 0.6 is 0 Å². The summed E-state index contributed by atoms with van der Waals surface area (Å²) in [5.74, 6) is -2.17. The molecule has 1 saturated heterocycles. The van der Waals surface area contributed by atoms with E-state index in [4.69, 9.17) is 14.2 Å². The molecule has 0 unspecified atom stereocenters. The first-order valence-electron chi connectivity index (χ1n) is 11.1. The average molecular weight is 415 g/mol. The van der Waals surface area contributed by atoms with Crippen molar-refractivity contribution in [2.45, 2.75) is 65.6 Å². The van der Waals surface area contributed by atoms with Crippen molar-refractivity contribution < 1.29 is 23.8 Å². The second kappa shape index (κ2) is 9.44. The van der Waals surface area contributed by atoms with E-state index in [1.54, 1.807) is 6.92 Å². The third kappa shape index (κ3) is 4.68. The van der Waals surface area contributed by atoms with Gasteiger partial charge in [0.2, 0.25) is 0 Å². The minimum Gasteiger partial charge on any atom is -0.466 e. The first-order valence-corrected chi connectivity index (χ1v) is 11.1. The Morgan fingerprint density at radius 2 is 1.63 bits per heavy atom. The summed E-state index contributed by atoms with van der Waals surface area (Å²) in [4.78, 5) is 26.2. The molecule has 2 atom stereocenters. The number of carbonyl (C=O) groups excluding carboxylic acids is 2. The van der Waals surface area contributed by atoms with Gasteiger partial charge in [0.05, 0.1) is 25.7 Å². The van der Waals surface area contributed by atoms with Crippen LogP contribution in [0.3, 0.4) is 0 Å². The van der Waals surface area contributed by atoms with E-state index >= 15 is 0 Å². The lowest BCUT2D eigenvalue weighted by Gasteiger charge is -2.34. The van der Waals surface area contributed by atoms with Crippen LogP contribution in [0.15, 0.2) is 24.3 Å². The number of ether oxygens (including phenoxy) is 3. The predicted octanol–water partition coefficient (Wildman–Crippen LogP) is 4.12. The standard InChI is InChI=1S/C25H34O5/c1-6-18-9-16(4)10-19(7-2)20(18)11-23(26)21-12-25(29-14-17(5)15-30-25)13-22(21)24(27)28-8-3/h9-10,21-22H,5-8,11-15H2,1-4H3/t21-,22-/m1/s1. The first kappa shape index (κ1) is 22.7. The van der Waals surface area contributed by atoms with Crippen LogP contribution in [0.25, 0.3) is 0 Å². The summed E-state index contributed by atoms with van der Waals surface area (Å²) in [5, 5.41) is 0. The molecule has 0 aromatic heterocycles. The van der Waals surface area contributed by atoms with Gasteiger partial charge in [0.15, 0.2) is 5.79 Å². The van der Waals surface area contributed by atoms with Crippen LogP contribution in [0.1, 0.15) is 55.9 Å². The molecule has 30 heavy (non-hydrogen) atoms. The second-order valence-electron chi connectivity index (χ2n) is 8.52. The van der Waals surface area contributed by atoms with E-state index < -0.39 is 17.6 Å². The minimum absolute atomic E-state index is 0.0646. The number of benzene rings is 1. The van der Waals surface area contributed by atoms with Gasteiger partial charge in [-0.05, 0) is 49.0 Å². The molecular weight excluding hydrogens is 380 g/mol. The van der Waals surface area contributed by atoms with E-state index in [1.165, 1.54) is 16.7 Å². The maximum Gasteiger partial charge on any atom is 0.309 e. The summed E-state index contributed by atoms with van der Waals surface area (Å²) in [7, 11) is 0. The van der Waals surface area contributed by atoms with E-state index in [9.17, 15) is 9.59 Å². The molecule has 0 N–H and O–H groups in total. The number of ketones is 1. The Morgan fingerprint density at radius 3 is 2.17 bits per heavy atom. The fourth-order valence-corrected chi connectivity index (χ4v) is 4.79. The monoisotopic (exact) mass is 414 g/mol. The van der Waals surface area contributed by atoms with Gasteiger partial charge in [-0.1, -0.05) is 38.1 Å². The summed E-state index contributed by atoms with van der Waals surface area (Å²) in [6.45, 7) is 13.1. The maximum absolute atomic E-state index is 13.5. The van der Waals surface area contributed by atoms with E-state index in [0.29, 0.717) is 39.1 Å². The van der Waals surface area contributed by atoms with Crippen LogP contribution in [0.4, 0.5) is 0 Å². The van der Waals surface area contributed by atoms with Gasteiger partial charge in [0.25, 0.3) is 0 Å². The van der Waals surface area contributed by atoms with Crippen molar-refractivity contribution in [3.8, 4) is 0 Å². The molecule has 1 aromatic rings. The van der Waals surface area contributed by atoms with Crippen LogP contribution in [0.2, 0.25) is 0 Å². The molecule has 1 saturated carbocycles. The fraction of sp³-hybridized carbons (Fsp3) is 0.600. The van der Waals surface area contributed by atoms with Gasteiger partial charge >= 0.3 is 5.97 Å². The normalized spacial score (nSPS) is 23.0. The Balaban J connectivity index is 1.87. The van der Waals surface area contributed by atoms with Gasteiger partial charge in [-0.15, -0.1) is 0 Å². The quantitative estimate of drug-likeness (QED) is 0.496. The van der Waals surface area contributed by atoms with Crippen molar-refractivity contribution in [2.24, 2.45) is 11.8 Å². The predicted molar refractivity (Wildman–Crippen MR) is 115 cm³/mol. The number of aryl methyl sites for hydroxylation is 3. The van der Waals surface area contributed by atoms with Crippen LogP contribution in [-0.4, -0.2) is 37.4 Å². The Morgan fingerprint density at radius 1 is 1.07 bits per heavy atom. The molecule has 1 aliphatic heterocycles. The summed E-state index contributed by atoms with van der Waals surface area (Å²) in [6, 6.07) is 4.33. The molecule has 0 amide bonds. The third-order valence-corrected chi connectivity index (χ3v) is 6.32. The van der Waals surface area contributed by atoms with Crippen LogP contribution < -0.4 is 0 Å². The van der Waals surface area contributed by atoms with E-state index in [2.05, 4.69) is 39.5 Å². The largest absolute Gasteiger partial charge is 0.466 e. The zero-order valence-electron chi connectivity index (χ0n) is 18.7. The molecule has 0 bridgehead atoms. The Hall–Kier alpha value is -1.98. The topological polar surface area (TPSA) is 61.8 Å². The lowest BCUT2D eigenvalue weighted by Crippen LogP contribution is -2.39. The third-order valence-electron chi connectivity index (χ3n) is 6.32. The summed E-state index contributed by atoms with van der Waals surface area (Å²) >= 11 is 0. The summed E-state index contributed by atoms with van der Waals surface area (Å²) in [5.41, 5.74) is 5.61. The molecule has 1 aromatic carbocycles. The molecular formula is C25H34O5. The summed E-state index contributed by atoms with van der Waals surface area (Å²) in [6.07, 6.45) is 2.82. The minimum atomic E-state index is -0.895. The number of Topliss-reactive ketones (excluding diaryl/α,β-unsaturated/α-hetero) is 1. The number of esters is 1. The zero-order valence-corrected chi connectivity index (χ0v) is 18.7. The lowest BCUT2D eigenvalue weighted by molar-refractivity contribution is -0.247. The highest BCUT2D eigenvalue weighted by molar-refractivity contribution is 5.89. The molecule has 5 nitrogen and oxygen atoms in total. The summed E-state index contributed by atoms with van der Waals surface area (Å²) < 4.78 is 17.2. The van der Waals surface area contributed by atoms with Crippen LogP contribution in [0.5, 0.6) is 0 Å². The molecule has 164 valence electrons. The number of hydrogen-bond donors (Lipinski definition) is 0. The van der Waals surface area contributed by atoms with E-state index in [0.717, 1.165) is 24.0 Å². The maximum atomic E-state index is 13.5. The van der Waals surface area contributed by atoms with Gasteiger partial charge in [0.1, 0.15) is 5.78 Å². The van der Waals surface area contributed by atoms with Crippen molar-refractivity contribution in [1.82, 2.24) is 0 Å². The van der Waals surface area contributed by atoms with Crippen molar-refractivity contribution in [1.29, 1.82) is 0 Å². The van der Waals surface area contributed by atoms with Crippen molar-refractivity contribution in [3.05, 3.63) is 46.5 Å². The van der Waals surface area contributed by atoms with Gasteiger partial charge < -0.3 is 14.2 Å². The molecule has 0 radical (unpaired) electrons. The van der Waals surface area contributed by atoms with E-state index in [1.807, 2.05) is 0 Å².